The smallest absolute Gasteiger partial charge is 0.0547 e. The molecule has 24 heavy (non-hydrogen) atoms. The Kier molecular flexibility index (Phi) is 10.5. The van der Waals surface area contributed by atoms with Gasteiger partial charge in [0.1, 0.15) is 0 Å². The van der Waals surface area contributed by atoms with Crippen LogP contribution in [0.5, 0.6) is 0 Å². The molecule has 0 saturated heterocycles. The van der Waals surface area contributed by atoms with Gasteiger partial charge in [0.25, 0.3) is 0 Å². The molecule has 2 nitrogen and oxygen atoms in total. The molecule has 0 heterocycles. The van der Waals surface area contributed by atoms with Gasteiger partial charge in [0, 0.05) is 18.6 Å². The van der Waals surface area contributed by atoms with Crippen LogP contribution in [0.25, 0.3) is 0 Å². The Bertz CT molecular complexity index is 287. The van der Waals surface area contributed by atoms with Crippen LogP contribution in [0.4, 0.5) is 0 Å². The largest absolute Gasteiger partial charge is 0.381 e. The average Bonchev–Trinajstić information content (AvgIpc) is 2.65. The average molecular weight is 341 g/mol. The second-order valence-electron chi connectivity index (χ2n) is 8.03. The molecule has 1 fully saturated rings. The Morgan fingerprint density at radius 3 is 1.62 bits per heavy atom. The summed E-state index contributed by atoms with van der Waals surface area (Å²) in [5.74, 6) is 0.785. The molecule has 2 heteroatoms. The summed E-state index contributed by atoms with van der Waals surface area (Å²) < 4.78 is 12.1. The van der Waals surface area contributed by atoms with Crippen molar-refractivity contribution in [2.24, 2.45) is 16.7 Å². The third kappa shape index (κ3) is 6.02. The summed E-state index contributed by atoms with van der Waals surface area (Å²) in [6.45, 7) is 14.8. The lowest BCUT2D eigenvalue weighted by Gasteiger charge is -2.45. The van der Waals surface area contributed by atoms with Crippen LogP contribution in [0.3, 0.4) is 0 Å². The van der Waals surface area contributed by atoms with Crippen LogP contribution in [-0.2, 0) is 9.47 Å². The first kappa shape index (κ1) is 22.0. The molecule has 1 aliphatic carbocycles. The minimum atomic E-state index is 0.233. The van der Waals surface area contributed by atoms with Crippen LogP contribution in [0.15, 0.2) is 0 Å². The second kappa shape index (κ2) is 11.5. The molecule has 0 unspecified atom stereocenters. The van der Waals surface area contributed by atoms with E-state index in [9.17, 15) is 0 Å². The molecule has 1 aliphatic rings. The van der Waals surface area contributed by atoms with Gasteiger partial charge in [-0.2, -0.15) is 0 Å². The lowest BCUT2D eigenvalue weighted by atomic mass is 9.64. The Balaban J connectivity index is 2.93. The summed E-state index contributed by atoms with van der Waals surface area (Å²) in [6.07, 6.45) is 13.4. The lowest BCUT2D eigenvalue weighted by Crippen LogP contribution is -2.42. The molecule has 0 aliphatic heterocycles. The predicted molar refractivity (Wildman–Crippen MR) is 105 cm³/mol. The highest BCUT2D eigenvalue weighted by Crippen LogP contribution is 2.46. The molecule has 0 aromatic heterocycles. The number of hydrogen-bond donors (Lipinski definition) is 0. The number of rotatable bonds is 13. The number of ether oxygens (including phenoxy) is 2. The first-order valence-corrected chi connectivity index (χ1v) is 10.8. The van der Waals surface area contributed by atoms with E-state index in [-0.39, 0.29) is 5.41 Å². The highest BCUT2D eigenvalue weighted by molar-refractivity contribution is 4.91. The highest BCUT2D eigenvalue weighted by atomic mass is 16.5. The SMILES string of the molecule is CCOCC(CCC(CC)(CC)CC)(COCC)C1CCCCC1. The Hall–Kier alpha value is -0.0800. The highest BCUT2D eigenvalue weighted by Gasteiger charge is 2.41. The molecule has 1 rings (SSSR count). The summed E-state index contributed by atoms with van der Waals surface area (Å²) >= 11 is 0. The zero-order valence-electron chi connectivity index (χ0n) is 17.3. The minimum Gasteiger partial charge on any atom is -0.381 e. The summed E-state index contributed by atoms with van der Waals surface area (Å²) in [5.41, 5.74) is 0.746. The van der Waals surface area contributed by atoms with Crippen molar-refractivity contribution >= 4 is 0 Å². The quantitative estimate of drug-likeness (QED) is 0.375. The van der Waals surface area contributed by atoms with Crippen LogP contribution >= 0.6 is 0 Å². The molecule has 144 valence electrons. The van der Waals surface area contributed by atoms with E-state index in [0.717, 1.165) is 32.3 Å². The van der Waals surface area contributed by atoms with Crippen molar-refractivity contribution in [1.29, 1.82) is 0 Å². The van der Waals surface area contributed by atoms with Crippen LogP contribution in [0.2, 0.25) is 0 Å². The fourth-order valence-electron chi connectivity index (χ4n) is 4.75. The van der Waals surface area contributed by atoms with Crippen molar-refractivity contribution in [2.75, 3.05) is 26.4 Å². The normalized spacial score (nSPS) is 17.4. The van der Waals surface area contributed by atoms with E-state index in [1.807, 2.05) is 0 Å². The second-order valence-corrected chi connectivity index (χ2v) is 8.03. The van der Waals surface area contributed by atoms with Gasteiger partial charge in [0.2, 0.25) is 0 Å². The number of hydrogen-bond acceptors (Lipinski definition) is 2. The van der Waals surface area contributed by atoms with Crippen molar-refractivity contribution in [3.63, 3.8) is 0 Å². The topological polar surface area (TPSA) is 18.5 Å². The minimum absolute atomic E-state index is 0.233. The van der Waals surface area contributed by atoms with E-state index in [1.54, 1.807) is 0 Å². The van der Waals surface area contributed by atoms with Gasteiger partial charge in [-0.3, -0.25) is 0 Å². The van der Waals surface area contributed by atoms with Crippen molar-refractivity contribution in [3.05, 3.63) is 0 Å². The molecule has 0 amide bonds. The van der Waals surface area contributed by atoms with E-state index in [1.165, 1.54) is 64.2 Å². The van der Waals surface area contributed by atoms with Gasteiger partial charge in [0.15, 0.2) is 0 Å². The van der Waals surface area contributed by atoms with Crippen molar-refractivity contribution in [3.8, 4) is 0 Å². The van der Waals surface area contributed by atoms with Gasteiger partial charge >= 0.3 is 0 Å². The van der Waals surface area contributed by atoms with E-state index >= 15 is 0 Å². The molecule has 0 spiro atoms. The zero-order valence-corrected chi connectivity index (χ0v) is 17.3. The molecule has 0 aromatic carbocycles. The van der Waals surface area contributed by atoms with Crippen LogP contribution < -0.4 is 0 Å². The van der Waals surface area contributed by atoms with Crippen LogP contribution in [0.1, 0.15) is 98.8 Å². The Morgan fingerprint density at radius 2 is 1.21 bits per heavy atom. The first-order chi connectivity index (χ1) is 11.6. The molecule has 0 atom stereocenters. The van der Waals surface area contributed by atoms with Crippen LogP contribution in [0, 0.1) is 16.7 Å². The standard InChI is InChI=1S/C22H44O2/c1-6-21(7-2,8-3)16-17-22(18-23-9-4,19-24-10-5)20-14-12-11-13-15-20/h20H,6-19H2,1-5H3. The van der Waals surface area contributed by atoms with Gasteiger partial charge in [-0.05, 0) is 50.9 Å². The molecule has 0 N–H and O–H groups in total. The van der Waals surface area contributed by atoms with E-state index in [0.29, 0.717) is 5.41 Å². The van der Waals surface area contributed by atoms with Crippen molar-refractivity contribution in [1.82, 2.24) is 0 Å². The Morgan fingerprint density at radius 1 is 0.708 bits per heavy atom. The summed E-state index contributed by atoms with van der Waals surface area (Å²) in [5, 5.41) is 0. The zero-order chi connectivity index (χ0) is 17.9. The first-order valence-electron chi connectivity index (χ1n) is 10.8. The maximum absolute atomic E-state index is 6.04. The van der Waals surface area contributed by atoms with Crippen molar-refractivity contribution < 1.29 is 9.47 Å². The molecule has 1 saturated carbocycles. The monoisotopic (exact) mass is 340 g/mol. The third-order valence-electron chi connectivity index (χ3n) is 7.06. The molecular formula is C22H44O2. The maximum atomic E-state index is 6.04. The summed E-state index contributed by atoms with van der Waals surface area (Å²) in [7, 11) is 0. The summed E-state index contributed by atoms with van der Waals surface area (Å²) in [6, 6.07) is 0. The fourth-order valence-corrected chi connectivity index (χ4v) is 4.75. The van der Waals surface area contributed by atoms with Gasteiger partial charge < -0.3 is 9.47 Å². The van der Waals surface area contributed by atoms with Gasteiger partial charge in [0.05, 0.1) is 13.2 Å². The predicted octanol–water partition coefficient (Wildman–Crippen LogP) is 6.62. The molecule has 0 bridgehead atoms. The third-order valence-corrected chi connectivity index (χ3v) is 7.06. The fraction of sp³-hybridized carbons (Fsp3) is 1.00. The molecular weight excluding hydrogens is 296 g/mol. The van der Waals surface area contributed by atoms with Crippen molar-refractivity contribution in [2.45, 2.75) is 98.8 Å². The lowest BCUT2D eigenvalue weighted by molar-refractivity contribution is -0.0719. The van der Waals surface area contributed by atoms with E-state index < -0.39 is 0 Å². The Labute approximate surface area is 152 Å². The van der Waals surface area contributed by atoms with E-state index in [4.69, 9.17) is 9.47 Å². The van der Waals surface area contributed by atoms with Crippen LogP contribution in [-0.4, -0.2) is 26.4 Å². The molecule has 0 aromatic rings. The summed E-state index contributed by atoms with van der Waals surface area (Å²) in [4.78, 5) is 0. The van der Waals surface area contributed by atoms with Gasteiger partial charge in [-0.1, -0.05) is 59.3 Å². The maximum Gasteiger partial charge on any atom is 0.0547 e. The van der Waals surface area contributed by atoms with Gasteiger partial charge in [-0.15, -0.1) is 0 Å². The van der Waals surface area contributed by atoms with E-state index in [2.05, 4.69) is 34.6 Å². The van der Waals surface area contributed by atoms with Gasteiger partial charge in [-0.25, -0.2) is 0 Å². The molecule has 0 radical (unpaired) electrons.